The topological polar surface area (TPSA) is 231 Å². The Labute approximate surface area is 485 Å². The van der Waals surface area contributed by atoms with Gasteiger partial charge in [-0.2, -0.15) is 20.7 Å². The molecule has 2 aromatic carbocycles. The first-order valence-electron chi connectivity index (χ1n) is 27.7. The number of likely N-dealkylation sites (tertiary alicyclic amines) is 1. The minimum absolute atomic E-state index is 0.0979. The molecule has 0 atom stereocenters. The van der Waals surface area contributed by atoms with Gasteiger partial charge in [0.05, 0.1) is 33.8 Å². The SMILES string of the molecule is CCc1nn2c(C)cc(N3CC4(CN(C(=O)C5(O)CC5)C4)C3)cc2c1N(C)c1nc(-c2ccc(F)cc2)c(C#N)s1.CCc1nn2c(C)cc(N3CC4(CNC4)C3)cc2c1N(C)c1nc(-c2ccc(F)cc2)c(C#N)s1.O=C(O)C1(O)CC1. The van der Waals surface area contributed by atoms with Crippen LogP contribution in [0.15, 0.2) is 72.8 Å². The smallest absolute Gasteiger partial charge is 0.335 e. The van der Waals surface area contributed by atoms with Crippen LogP contribution in [0.3, 0.4) is 0 Å². The Morgan fingerprint density at radius 3 is 1.40 bits per heavy atom. The summed E-state index contributed by atoms with van der Waals surface area (Å²) in [5.41, 5.74) is 10.9. The standard InChI is InChI=1S/C30H30FN7O2S.C26H26FN7S.C4H6O3/c1-4-22-26(35(3)28-33-25(24(13-32)41-28)19-5-7-20(31)8-6-19)23-12-21(11-18(2)38(23)34-22)36-14-29(15-36)16-37(17-29)27(39)30(40)9-10-30;1-4-20-24(32(3)25-30-23(22(11-28)35-25)17-5-7-18(27)8-6-17)21-10-19(9-16(2)34(21)31-20)33-14-26(15-33)12-29-13-26;5-3(6)4(7)1-2-4/h5-8,11-12,40H,4,9-10,14-17H2,1-3H3;5-10,29H,4,12-15H2,1-3H3;7H,1-2H2,(H,5,6). The van der Waals surface area contributed by atoms with Crippen molar-refractivity contribution in [1.29, 1.82) is 10.5 Å². The number of anilines is 6. The van der Waals surface area contributed by atoms with Gasteiger partial charge < -0.3 is 45.1 Å². The fraction of sp³-hybridized carbons (Fsp3) is 0.400. The number of hydrogen-bond acceptors (Lipinski definition) is 17. The number of carboxylic acid groups (broad SMARTS) is 1. The number of hydrogen-bond donors (Lipinski definition) is 4. The van der Waals surface area contributed by atoms with Crippen molar-refractivity contribution in [3.05, 3.63) is 117 Å². The van der Waals surface area contributed by atoms with Gasteiger partial charge in [-0.15, -0.1) is 0 Å². The molecule has 2 saturated carbocycles. The Morgan fingerprint density at radius 2 is 1.06 bits per heavy atom. The summed E-state index contributed by atoms with van der Waals surface area (Å²) in [5, 5.41) is 61.0. The largest absolute Gasteiger partial charge is 0.479 e. The Bertz CT molecular complexity index is 3960. The van der Waals surface area contributed by atoms with Crippen LogP contribution < -0.4 is 24.9 Å². The summed E-state index contributed by atoms with van der Waals surface area (Å²) in [6.45, 7) is 15.8. The molecule has 6 aromatic heterocycles. The number of carboxylic acids is 1. The average Bonchev–Trinajstić information content (AvgIpc) is 2.13. The molecule has 4 N–H and O–H groups in total. The number of amides is 1. The van der Waals surface area contributed by atoms with E-state index < -0.39 is 17.2 Å². The van der Waals surface area contributed by atoms with Gasteiger partial charge in [-0.25, -0.2) is 32.6 Å². The van der Waals surface area contributed by atoms with E-state index >= 15 is 0 Å². The molecule has 6 fully saturated rings. The Balaban J connectivity index is 0.000000148. The highest BCUT2D eigenvalue weighted by atomic mass is 32.1. The molecule has 1 amide bonds. The lowest BCUT2D eigenvalue weighted by molar-refractivity contribution is -0.156. The van der Waals surface area contributed by atoms with Crippen LogP contribution in [0.1, 0.15) is 72.1 Å². The third-order valence-electron chi connectivity index (χ3n) is 16.9. The molecule has 2 spiro atoms. The van der Waals surface area contributed by atoms with Gasteiger partial charge >= 0.3 is 5.97 Å². The first-order valence-corrected chi connectivity index (χ1v) is 29.4. The molecule has 0 unspecified atom stereocenters. The predicted octanol–water partition coefficient (Wildman–Crippen LogP) is 8.39. The lowest BCUT2D eigenvalue weighted by atomic mass is 9.72. The van der Waals surface area contributed by atoms with Crippen molar-refractivity contribution in [3.8, 4) is 34.7 Å². The number of aliphatic hydroxyl groups is 2. The van der Waals surface area contributed by atoms with Crippen LogP contribution in [0.25, 0.3) is 33.5 Å². The van der Waals surface area contributed by atoms with E-state index in [4.69, 9.17) is 30.4 Å². The Morgan fingerprint density at radius 1 is 0.651 bits per heavy atom. The molecule has 0 radical (unpaired) electrons. The monoisotopic (exact) mass is 1160 g/mol. The summed E-state index contributed by atoms with van der Waals surface area (Å²) in [5.74, 6) is -1.85. The van der Waals surface area contributed by atoms with Gasteiger partial charge in [0.25, 0.3) is 5.91 Å². The number of aryl methyl sites for hydroxylation is 4. The number of nitriles is 2. The zero-order valence-corrected chi connectivity index (χ0v) is 48.5. The molecule has 2 aliphatic carbocycles. The highest BCUT2D eigenvalue weighted by Crippen LogP contribution is 2.48. The van der Waals surface area contributed by atoms with Crippen LogP contribution in [-0.4, -0.2) is 139 Å². The molecule has 8 aromatic rings. The number of carbonyl (C=O) groups is 2. The van der Waals surface area contributed by atoms with E-state index in [-0.39, 0.29) is 23.0 Å². The number of nitrogens with zero attached hydrogens (tertiary/aromatic N) is 13. The van der Waals surface area contributed by atoms with Crippen molar-refractivity contribution in [2.45, 2.75) is 77.4 Å². The van der Waals surface area contributed by atoms with E-state index in [9.17, 15) is 34.0 Å². The number of rotatable bonds is 12. The van der Waals surface area contributed by atoms with Crippen molar-refractivity contribution in [2.75, 3.05) is 86.1 Å². The molecule has 428 valence electrons. The maximum Gasteiger partial charge on any atom is 0.335 e. The van der Waals surface area contributed by atoms with Crippen LogP contribution in [-0.2, 0) is 22.4 Å². The van der Waals surface area contributed by atoms with Crippen molar-refractivity contribution in [2.24, 2.45) is 10.8 Å². The lowest BCUT2D eigenvalue weighted by Gasteiger charge is -2.61. The van der Waals surface area contributed by atoms with Gasteiger partial charge in [0.1, 0.15) is 50.5 Å². The highest BCUT2D eigenvalue weighted by molar-refractivity contribution is 7.17. The number of nitrogens with one attached hydrogen (secondary N) is 1. The number of benzene rings is 2. The first kappa shape index (κ1) is 55.5. The van der Waals surface area contributed by atoms with Crippen molar-refractivity contribution in [1.82, 2.24) is 39.4 Å². The average molecular weight is 1160 g/mol. The second-order valence-corrected chi connectivity index (χ2v) is 25.1. The van der Waals surface area contributed by atoms with Crippen LogP contribution in [0, 0.1) is 59.0 Å². The summed E-state index contributed by atoms with van der Waals surface area (Å²) < 4.78 is 30.9. The molecule has 0 bridgehead atoms. The van der Waals surface area contributed by atoms with Crippen LogP contribution >= 0.6 is 22.7 Å². The van der Waals surface area contributed by atoms with E-state index in [1.807, 2.05) is 39.8 Å². The summed E-state index contributed by atoms with van der Waals surface area (Å²) in [7, 11) is 3.92. The fourth-order valence-corrected chi connectivity index (χ4v) is 13.4. The maximum absolute atomic E-state index is 13.5. The van der Waals surface area contributed by atoms with E-state index in [1.165, 1.54) is 52.6 Å². The third kappa shape index (κ3) is 9.97. The van der Waals surface area contributed by atoms with E-state index in [1.54, 1.807) is 29.2 Å². The molecule has 4 aliphatic heterocycles. The van der Waals surface area contributed by atoms with Crippen LogP contribution in [0.4, 0.5) is 41.8 Å². The highest BCUT2D eigenvalue weighted by Gasteiger charge is 2.59. The fourth-order valence-electron chi connectivity index (χ4n) is 11.7. The minimum Gasteiger partial charge on any atom is -0.479 e. The number of pyridine rings is 2. The number of fused-ring (bicyclic) bond motifs is 2. The number of carbonyl (C=O) groups excluding carboxylic acids is 1. The second kappa shape index (κ2) is 20.7. The summed E-state index contributed by atoms with van der Waals surface area (Å²) in [6.07, 6.45) is 3.49. The van der Waals surface area contributed by atoms with Gasteiger partial charge in [0.15, 0.2) is 15.9 Å². The first-order chi connectivity index (χ1) is 39.7. The quantitative estimate of drug-likeness (QED) is 0.0900. The van der Waals surface area contributed by atoms with E-state index in [0.29, 0.717) is 81.2 Å². The number of aromatic nitrogens is 6. The normalized spacial score (nSPS) is 17.9. The molecule has 23 heteroatoms. The zero-order valence-electron chi connectivity index (χ0n) is 46.9. The number of aliphatic carboxylic acids is 1. The Hall–Kier alpha value is -8.06. The van der Waals surface area contributed by atoms with Crippen molar-refractivity contribution >= 4 is 78.6 Å². The maximum atomic E-state index is 13.5. The van der Waals surface area contributed by atoms with Gasteiger partial charge in [-0.05, 0) is 125 Å². The van der Waals surface area contributed by atoms with E-state index in [2.05, 4.69) is 72.3 Å². The summed E-state index contributed by atoms with van der Waals surface area (Å²) in [6, 6.07) is 25.4. The molecule has 83 heavy (non-hydrogen) atoms. The molecule has 14 rings (SSSR count). The number of thiazole rings is 2. The predicted molar refractivity (Wildman–Crippen MR) is 314 cm³/mol. The molecular weight excluding hydrogens is 1100 g/mol. The lowest BCUT2D eigenvalue weighted by Crippen LogP contribution is -2.74. The second-order valence-electron chi connectivity index (χ2n) is 23.2. The summed E-state index contributed by atoms with van der Waals surface area (Å²) >= 11 is 2.64. The molecular formula is C60H62F2N14O5S2. The van der Waals surface area contributed by atoms with E-state index in [0.717, 1.165) is 109 Å². The third-order valence-corrected chi connectivity index (χ3v) is 19.0. The van der Waals surface area contributed by atoms with Gasteiger partial charge in [-0.3, -0.25) is 4.79 Å². The Kier molecular flexibility index (Phi) is 13.8. The molecule has 6 aliphatic rings. The molecule has 19 nitrogen and oxygen atoms in total. The number of halogens is 2. The van der Waals surface area contributed by atoms with Gasteiger partial charge in [-0.1, -0.05) is 36.5 Å². The van der Waals surface area contributed by atoms with Gasteiger partial charge in [0.2, 0.25) is 0 Å². The van der Waals surface area contributed by atoms with Crippen LogP contribution in [0.5, 0.6) is 0 Å². The van der Waals surface area contributed by atoms with Crippen molar-refractivity contribution in [3.63, 3.8) is 0 Å². The zero-order chi connectivity index (χ0) is 58.5. The van der Waals surface area contributed by atoms with Crippen LogP contribution in [0.2, 0.25) is 0 Å². The van der Waals surface area contributed by atoms with Gasteiger partial charge in [0, 0.05) is 111 Å². The molecule has 4 saturated heterocycles. The minimum atomic E-state index is -1.33. The van der Waals surface area contributed by atoms with Crippen molar-refractivity contribution < 1.29 is 33.7 Å². The molecule has 10 heterocycles. The summed E-state index contributed by atoms with van der Waals surface area (Å²) in [4.78, 5) is 43.5.